The van der Waals surface area contributed by atoms with Crippen molar-refractivity contribution in [2.75, 3.05) is 23.6 Å². The molecule has 0 radical (unpaired) electrons. The van der Waals surface area contributed by atoms with E-state index in [0.717, 1.165) is 48.1 Å². The lowest BCUT2D eigenvalue weighted by Crippen LogP contribution is -2.31. The minimum Gasteiger partial charge on any atom is -0.454 e. The van der Waals surface area contributed by atoms with E-state index in [1.807, 2.05) is 36.5 Å². The lowest BCUT2D eigenvalue weighted by atomic mass is 10.00. The van der Waals surface area contributed by atoms with Gasteiger partial charge in [0.2, 0.25) is 6.79 Å². The highest BCUT2D eigenvalue weighted by Crippen LogP contribution is 2.32. The number of thiocarbonyl (C=S) groups is 1. The van der Waals surface area contributed by atoms with Crippen molar-refractivity contribution in [2.45, 2.75) is 19.5 Å². The van der Waals surface area contributed by atoms with Crippen LogP contribution in [0.15, 0.2) is 60.8 Å². The molecule has 0 spiro atoms. The van der Waals surface area contributed by atoms with E-state index in [1.165, 1.54) is 11.1 Å². The van der Waals surface area contributed by atoms with Crippen LogP contribution in [0.4, 0.5) is 11.5 Å². The summed E-state index contributed by atoms with van der Waals surface area (Å²) in [5, 5.41) is 6.96. The third kappa shape index (κ3) is 4.02. The first-order valence-electron chi connectivity index (χ1n) is 9.96. The molecular weight excluding hydrogens is 396 g/mol. The normalized spacial score (nSPS) is 14.2. The number of rotatable bonds is 4. The molecule has 0 bridgehead atoms. The van der Waals surface area contributed by atoms with Crippen LogP contribution in [0, 0.1) is 0 Å². The summed E-state index contributed by atoms with van der Waals surface area (Å²) in [4.78, 5) is 6.94. The molecule has 3 aromatic rings. The van der Waals surface area contributed by atoms with Gasteiger partial charge in [0.25, 0.3) is 0 Å². The maximum atomic E-state index is 5.42. The van der Waals surface area contributed by atoms with Crippen LogP contribution in [-0.2, 0) is 19.5 Å². The first-order chi connectivity index (χ1) is 14.7. The molecule has 2 aliphatic rings. The van der Waals surface area contributed by atoms with E-state index >= 15 is 0 Å². The zero-order valence-electron chi connectivity index (χ0n) is 16.4. The average Bonchev–Trinajstić information content (AvgIpc) is 3.26. The summed E-state index contributed by atoms with van der Waals surface area (Å²) in [6, 6.07) is 18.5. The highest BCUT2D eigenvalue weighted by atomic mass is 32.1. The van der Waals surface area contributed by atoms with Crippen LogP contribution < -0.4 is 25.0 Å². The molecule has 2 aliphatic heterocycles. The molecule has 0 fully saturated rings. The molecule has 5 rings (SSSR count). The Hall–Kier alpha value is -3.32. The predicted molar refractivity (Wildman–Crippen MR) is 121 cm³/mol. The van der Waals surface area contributed by atoms with Gasteiger partial charge in [0.1, 0.15) is 5.82 Å². The molecule has 0 saturated heterocycles. The third-order valence-electron chi connectivity index (χ3n) is 5.35. The predicted octanol–water partition coefficient (Wildman–Crippen LogP) is 3.86. The van der Waals surface area contributed by atoms with Crippen LogP contribution >= 0.6 is 12.2 Å². The molecule has 7 heteroatoms. The molecule has 2 aromatic carbocycles. The molecule has 3 heterocycles. The standard InChI is InChI=1S/C23H22N4O2S/c30-23(25-12-16-5-7-20-21(11-16)29-15-28-20)26-19-6-8-22(24-13-19)27-10-9-17-3-1-2-4-18(17)14-27/h1-8,11,13H,9-10,12,14-15H2,(H2,25,26,30). The number of aromatic nitrogens is 1. The number of benzene rings is 2. The van der Waals surface area contributed by atoms with Gasteiger partial charge in [0.05, 0.1) is 11.9 Å². The smallest absolute Gasteiger partial charge is 0.231 e. The monoisotopic (exact) mass is 418 g/mol. The van der Waals surface area contributed by atoms with Crippen molar-refractivity contribution in [3.8, 4) is 11.5 Å². The van der Waals surface area contributed by atoms with Gasteiger partial charge >= 0.3 is 0 Å². The molecular formula is C23H22N4O2S. The Morgan fingerprint density at radius 1 is 1.03 bits per heavy atom. The fourth-order valence-corrected chi connectivity index (χ4v) is 3.94. The van der Waals surface area contributed by atoms with Crippen LogP contribution in [0.2, 0.25) is 0 Å². The van der Waals surface area contributed by atoms with Crippen LogP contribution in [0.1, 0.15) is 16.7 Å². The molecule has 6 nitrogen and oxygen atoms in total. The lowest BCUT2D eigenvalue weighted by molar-refractivity contribution is 0.174. The molecule has 0 amide bonds. The minimum atomic E-state index is 0.277. The Labute approximate surface area is 180 Å². The Morgan fingerprint density at radius 3 is 2.77 bits per heavy atom. The van der Waals surface area contributed by atoms with E-state index in [2.05, 4.69) is 44.8 Å². The Balaban J connectivity index is 1.16. The Bertz CT molecular complexity index is 1070. The largest absolute Gasteiger partial charge is 0.454 e. The number of nitrogens with one attached hydrogen (secondary N) is 2. The van der Waals surface area contributed by atoms with Gasteiger partial charge in [0, 0.05) is 19.6 Å². The summed E-state index contributed by atoms with van der Waals surface area (Å²) in [5.74, 6) is 2.53. The molecule has 152 valence electrons. The van der Waals surface area contributed by atoms with E-state index in [1.54, 1.807) is 0 Å². The summed E-state index contributed by atoms with van der Waals surface area (Å²) in [7, 11) is 0. The van der Waals surface area contributed by atoms with Crippen molar-refractivity contribution in [1.82, 2.24) is 10.3 Å². The summed E-state index contributed by atoms with van der Waals surface area (Å²) in [5.41, 5.74) is 4.74. The number of nitrogens with zero attached hydrogens (tertiary/aromatic N) is 2. The van der Waals surface area contributed by atoms with Crippen LogP contribution in [0.25, 0.3) is 0 Å². The van der Waals surface area contributed by atoms with Crippen molar-refractivity contribution in [3.05, 3.63) is 77.5 Å². The number of anilines is 2. The SMILES string of the molecule is S=C(NCc1ccc2c(c1)OCO2)Nc1ccc(N2CCc3ccccc3C2)nc1. The van der Waals surface area contributed by atoms with Gasteiger partial charge in [-0.1, -0.05) is 30.3 Å². The maximum Gasteiger partial charge on any atom is 0.231 e. The van der Waals surface area contributed by atoms with E-state index in [-0.39, 0.29) is 6.79 Å². The number of pyridine rings is 1. The Kier molecular flexibility index (Phi) is 5.11. The second-order valence-electron chi connectivity index (χ2n) is 7.34. The first kappa shape index (κ1) is 18.7. The molecule has 0 saturated carbocycles. The molecule has 1 aromatic heterocycles. The average molecular weight is 419 g/mol. The van der Waals surface area contributed by atoms with Crippen molar-refractivity contribution in [2.24, 2.45) is 0 Å². The number of hydrogen-bond acceptors (Lipinski definition) is 5. The lowest BCUT2D eigenvalue weighted by Gasteiger charge is -2.29. The van der Waals surface area contributed by atoms with E-state index < -0.39 is 0 Å². The summed E-state index contributed by atoms with van der Waals surface area (Å²) in [6.45, 7) is 2.75. The number of hydrogen-bond donors (Lipinski definition) is 2. The highest BCUT2D eigenvalue weighted by Gasteiger charge is 2.17. The number of ether oxygens (including phenoxy) is 2. The molecule has 2 N–H and O–H groups in total. The van der Waals surface area contributed by atoms with E-state index in [9.17, 15) is 0 Å². The number of fused-ring (bicyclic) bond motifs is 2. The van der Waals surface area contributed by atoms with Gasteiger partial charge in [0.15, 0.2) is 16.6 Å². The van der Waals surface area contributed by atoms with Crippen molar-refractivity contribution in [1.29, 1.82) is 0 Å². The van der Waals surface area contributed by atoms with Crippen LogP contribution in [-0.4, -0.2) is 23.4 Å². The summed E-state index contributed by atoms with van der Waals surface area (Å²) < 4.78 is 10.7. The van der Waals surface area contributed by atoms with Gasteiger partial charge in [-0.2, -0.15) is 0 Å². The van der Waals surface area contributed by atoms with Gasteiger partial charge in [-0.05, 0) is 59.6 Å². The van der Waals surface area contributed by atoms with Gasteiger partial charge < -0.3 is 25.0 Å². The highest BCUT2D eigenvalue weighted by molar-refractivity contribution is 7.80. The van der Waals surface area contributed by atoms with E-state index in [4.69, 9.17) is 21.7 Å². The molecule has 0 aliphatic carbocycles. The van der Waals surface area contributed by atoms with Crippen molar-refractivity contribution in [3.63, 3.8) is 0 Å². The second kappa shape index (κ2) is 8.20. The minimum absolute atomic E-state index is 0.277. The summed E-state index contributed by atoms with van der Waals surface area (Å²) >= 11 is 5.42. The second-order valence-corrected chi connectivity index (χ2v) is 7.75. The topological polar surface area (TPSA) is 58.6 Å². The zero-order chi connectivity index (χ0) is 20.3. The zero-order valence-corrected chi connectivity index (χ0v) is 17.2. The van der Waals surface area contributed by atoms with Crippen LogP contribution in [0.3, 0.4) is 0 Å². The third-order valence-corrected chi connectivity index (χ3v) is 5.60. The quantitative estimate of drug-likeness (QED) is 0.624. The molecule has 30 heavy (non-hydrogen) atoms. The van der Waals surface area contributed by atoms with Crippen molar-refractivity contribution >= 4 is 28.8 Å². The molecule has 0 atom stereocenters. The Morgan fingerprint density at radius 2 is 1.90 bits per heavy atom. The molecule has 0 unspecified atom stereocenters. The van der Waals surface area contributed by atoms with Gasteiger partial charge in [-0.3, -0.25) is 0 Å². The fourth-order valence-electron chi connectivity index (χ4n) is 3.75. The van der Waals surface area contributed by atoms with Gasteiger partial charge in [-0.15, -0.1) is 0 Å². The van der Waals surface area contributed by atoms with Crippen molar-refractivity contribution < 1.29 is 9.47 Å². The van der Waals surface area contributed by atoms with Crippen LogP contribution in [0.5, 0.6) is 11.5 Å². The first-order valence-corrected chi connectivity index (χ1v) is 10.4. The maximum absolute atomic E-state index is 5.42. The summed E-state index contributed by atoms with van der Waals surface area (Å²) in [6.07, 6.45) is 2.87. The van der Waals surface area contributed by atoms with Gasteiger partial charge in [-0.25, -0.2) is 4.98 Å². The van der Waals surface area contributed by atoms with E-state index in [0.29, 0.717) is 11.7 Å². The fraction of sp³-hybridized carbons (Fsp3) is 0.217.